The van der Waals surface area contributed by atoms with Crippen molar-refractivity contribution in [2.75, 3.05) is 0 Å². The molecule has 1 unspecified atom stereocenters. The van der Waals surface area contributed by atoms with Gasteiger partial charge in [-0.2, -0.15) is 0 Å². The largest absolute Gasteiger partial charge is 0.350 e. The van der Waals surface area contributed by atoms with Crippen molar-refractivity contribution in [1.82, 2.24) is 10.0 Å². The van der Waals surface area contributed by atoms with Crippen molar-refractivity contribution in [3.05, 3.63) is 0 Å². The van der Waals surface area contributed by atoms with Gasteiger partial charge in [0.1, 0.15) is 11.1 Å². The zero-order valence-corrected chi connectivity index (χ0v) is 11.7. The van der Waals surface area contributed by atoms with Crippen molar-refractivity contribution >= 4 is 12.1 Å². The van der Waals surface area contributed by atoms with E-state index in [1.807, 2.05) is 0 Å². The van der Waals surface area contributed by atoms with E-state index in [0.717, 1.165) is 10.0 Å². The van der Waals surface area contributed by atoms with Gasteiger partial charge in [0.05, 0.1) is 0 Å². The van der Waals surface area contributed by atoms with Gasteiger partial charge in [-0.1, -0.05) is 18.8 Å². The fourth-order valence-electron chi connectivity index (χ4n) is 1.56. The molecule has 0 aromatic heterocycles. The fraction of sp³-hybridized carbons (Fsp3) is 0.538. The maximum Gasteiger partial charge on any atom is 0.335 e. The van der Waals surface area contributed by atoms with Crippen LogP contribution in [0, 0.1) is 24.7 Å². The van der Waals surface area contributed by atoms with Crippen LogP contribution in [0.4, 0.5) is 9.59 Å². The molecule has 0 heterocycles. The molecule has 0 aliphatic rings. The van der Waals surface area contributed by atoms with Gasteiger partial charge >= 0.3 is 12.1 Å². The Bertz CT molecular complexity index is 458. The SMILES string of the molecule is C#CC(C)(C)N(C(N)=O)N(C(N)=O)C(C)(C#C)CC. The molecule has 4 amide bonds. The first-order chi connectivity index (χ1) is 8.57. The normalized spacial score (nSPS) is 13.6. The highest BCUT2D eigenvalue weighted by atomic mass is 16.2. The third-order valence-electron chi connectivity index (χ3n) is 2.97. The minimum atomic E-state index is -1.14. The molecule has 0 rings (SSSR count). The molecule has 0 aromatic carbocycles. The topological polar surface area (TPSA) is 92.7 Å². The number of hydrazine groups is 1. The first-order valence-corrected chi connectivity index (χ1v) is 5.72. The second-order valence-electron chi connectivity index (χ2n) is 4.78. The van der Waals surface area contributed by atoms with Gasteiger partial charge in [-0.05, 0) is 27.2 Å². The van der Waals surface area contributed by atoms with Gasteiger partial charge in [0.2, 0.25) is 0 Å². The molecule has 1 atom stereocenters. The van der Waals surface area contributed by atoms with Crippen LogP contribution in [0.5, 0.6) is 0 Å². The van der Waals surface area contributed by atoms with Gasteiger partial charge in [0, 0.05) is 0 Å². The van der Waals surface area contributed by atoms with E-state index in [2.05, 4.69) is 11.8 Å². The molecular weight excluding hydrogens is 244 g/mol. The highest BCUT2D eigenvalue weighted by Gasteiger charge is 2.43. The van der Waals surface area contributed by atoms with Gasteiger partial charge in [-0.3, -0.25) is 0 Å². The average molecular weight is 264 g/mol. The lowest BCUT2D eigenvalue weighted by molar-refractivity contribution is -0.0409. The Balaban J connectivity index is 6.01. The zero-order chi connectivity index (χ0) is 15.4. The number of amides is 4. The van der Waals surface area contributed by atoms with Crippen molar-refractivity contribution < 1.29 is 9.59 Å². The molecule has 0 saturated heterocycles. The molecule has 6 nitrogen and oxygen atoms in total. The lowest BCUT2D eigenvalue weighted by Gasteiger charge is -2.47. The second kappa shape index (κ2) is 5.53. The Morgan fingerprint density at radius 2 is 1.47 bits per heavy atom. The van der Waals surface area contributed by atoms with Crippen LogP contribution in [0.25, 0.3) is 0 Å². The van der Waals surface area contributed by atoms with E-state index in [1.165, 1.54) is 0 Å². The number of rotatable bonds is 3. The van der Waals surface area contributed by atoms with Crippen LogP contribution in [-0.2, 0) is 0 Å². The van der Waals surface area contributed by atoms with Crippen LogP contribution in [0.1, 0.15) is 34.1 Å². The Labute approximate surface area is 114 Å². The minimum absolute atomic E-state index is 0.372. The third kappa shape index (κ3) is 3.11. The van der Waals surface area contributed by atoms with E-state index in [9.17, 15) is 9.59 Å². The Morgan fingerprint density at radius 3 is 1.68 bits per heavy atom. The summed E-state index contributed by atoms with van der Waals surface area (Å²) in [4.78, 5) is 23.4. The molecule has 104 valence electrons. The smallest absolute Gasteiger partial charge is 0.335 e. The van der Waals surface area contributed by atoms with Crippen molar-refractivity contribution in [3.63, 3.8) is 0 Å². The summed E-state index contributed by atoms with van der Waals surface area (Å²) in [6, 6.07) is -1.80. The molecule has 0 saturated carbocycles. The summed E-state index contributed by atoms with van der Waals surface area (Å²) in [5, 5.41) is 1.86. The van der Waals surface area contributed by atoms with Crippen LogP contribution in [0.2, 0.25) is 0 Å². The molecule has 6 heteroatoms. The lowest BCUT2D eigenvalue weighted by Crippen LogP contribution is -2.67. The summed E-state index contributed by atoms with van der Waals surface area (Å²) >= 11 is 0. The summed E-state index contributed by atoms with van der Waals surface area (Å²) in [6.45, 7) is 6.47. The number of hydrogen-bond donors (Lipinski definition) is 2. The molecule has 0 aromatic rings. The first kappa shape index (κ1) is 16.7. The van der Waals surface area contributed by atoms with Crippen LogP contribution < -0.4 is 11.5 Å². The number of terminal acetylenes is 2. The number of urea groups is 2. The Kier molecular flexibility index (Phi) is 4.85. The quantitative estimate of drug-likeness (QED) is 0.585. The number of primary amides is 2. The highest BCUT2D eigenvalue weighted by Crippen LogP contribution is 2.26. The van der Waals surface area contributed by atoms with E-state index in [1.54, 1.807) is 27.7 Å². The zero-order valence-electron chi connectivity index (χ0n) is 11.7. The summed E-state index contributed by atoms with van der Waals surface area (Å²) in [7, 11) is 0. The monoisotopic (exact) mass is 264 g/mol. The van der Waals surface area contributed by atoms with Crippen LogP contribution in [-0.4, -0.2) is 33.2 Å². The number of hydrogen-bond acceptors (Lipinski definition) is 2. The molecule has 4 N–H and O–H groups in total. The first-order valence-electron chi connectivity index (χ1n) is 5.72. The van der Waals surface area contributed by atoms with Crippen molar-refractivity contribution in [2.45, 2.75) is 45.2 Å². The van der Waals surface area contributed by atoms with E-state index < -0.39 is 23.1 Å². The number of nitrogens with zero attached hydrogens (tertiary/aromatic N) is 2. The predicted molar refractivity (Wildman–Crippen MR) is 73.3 cm³/mol. The molecule has 0 fully saturated rings. The summed E-state index contributed by atoms with van der Waals surface area (Å²) in [5.74, 6) is 4.83. The van der Waals surface area contributed by atoms with Crippen molar-refractivity contribution in [3.8, 4) is 24.7 Å². The molecular formula is C13H20N4O2. The second-order valence-corrected chi connectivity index (χ2v) is 4.78. The lowest BCUT2D eigenvalue weighted by atomic mass is 9.98. The van der Waals surface area contributed by atoms with Crippen LogP contribution in [0.3, 0.4) is 0 Å². The number of carbonyl (C=O) groups is 2. The predicted octanol–water partition coefficient (Wildman–Crippen LogP) is 0.877. The molecule has 0 radical (unpaired) electrons. The van der Waals surface area contributed by atoms with Gasteiger partial charge in [-0.15, -0.1) is 12.8 Å². The van der Waals surface area contributed by atoms with Crippen LogP contribution in [0.15, 0.2) is 0 Å². The van der Waals surface area contributed by atoms with E-state index in [-0.39, 0.29) is 0 Å². The summed E-state index contributed by atoms with van der Waals surface area (Å²) in [6.07, 6.45) is 11.2. The Morgan fingerprint density at radius 1 is 1.05 bits per heavy atom. The average Bonchev–Trinajstić information content (AvgIpc) is 2.33. The third-order valence-corrected chi connectivity index (χ3v) is 2.97. The van der Waals surface area contributed by atoms with Gasteiger partial charge in [0.15, 0.2) is 0 Å². The molecule has 0 bridgehead atoms. The van der Waals surface area contributed by atoms with Gasteiger partial charge in [0.25, 0.3) is 0 Å². The molecule has 19 heavy (non-hydrogen) atoms. The van der Waals surface area contributed by atoms with Crippen molar-refractivity contribution in [1.29, 1.82) is 0 Å². The molecule has 0 aliphatic heterocycles. The number of carbonyl (C=O) groups excluding carboxylic acids is 2. The van der Waals surface area contributed by atoms with E-state index in [0.29, 0.717) is 6.42 Å². The van der Waals surface area contributed by atoms with Crippen LogP contribution >= 0.6 is 0 Å². The minimum Gasteiger partial charge on any atom is -0.350 e. The van der Waals surface area contributed by atoms with Gasteiger partial charge < -0.3 is 11.5 Å². The molecule has 0 spiro atoms. The number of nitrogens with two attached hydrogens (primary N) is 2. The fourth-order valence-corrected chi connectivity index (χ4v) is 1.56. The maximum atomic E-state index is 11.7. The van der Waals surface area contributed by atoms with Gasteiger partial charge in [-0.25, -0.2) is 19.6 Å². The highest BCUT2D eigenvalue weighted by molar-refractivity contribution is 5.80. The van der Waals surface area contributed by atoms with Crippen molar-refractivity contribution in [2.24, 2.45) is 11.5 Å². The Hall–Kier alpha value is -2.34. The van der Waals surface area contributed by atoms with E-state index >= 15 is 0 Å². The summed E-state index contributed by atoms with van der Waals surface area (Å²) < 4.78 is 0. The standard InChI is InChI=1S/C13H20N4O2/c1-7-12(4,5)16(10(14)18)17(11(15)19)13(6,8-2)9-3/h1-2H,9H2,3-6H3,(H2,14,18)(H2,15,19). The molecule has 0 aliphatic carbocycles. The maximum absolute atomic E-state index is 11.7. The summed E-state index contributed by atoms with van der Waals surface area (Å²) in [5.41, 5.74) is 8.41. The van der Waals surface area contributed by atoms with E-state index in [4.69, 9.17) is 24.3 Å².